The summed E-state index contributed by atoms with van der Waals surface area (Å²) in [5, 5.41) is 3.58. The van der Waals surface area contributed by atoms with Crippen LogP contribution in [0.15, 0.2) is 24.3 Å². The van der Waals surface area contributed by atoms with Crippen LogP contribution in [-0.2, 0) is 5.41 Å². The monoisotopic (exact) mass is 275 g/mol. The molecule has 1 aromatic rings. The van der Waals surface area contributed by atoms with Gasteiger partial charge in [0, 0.05) is 12.0 Å². The molecule has 0 bridgehead atoms. The average molecular weight is 275 g/mol. The van der Waals surface area contributed by atoms with E-state index < -0.39 is 0 Å². The maximum absolute atomic E-state index is 5.56. The van der Waals surface area contributed by atoms with Crippen LogP contribution in [0.5, 0.6) is 5.75 Å². The average Bonchev–Trinajstić information content (AvgIpc) is 2.48. The quantitative estimate of drug-likeness (QED) is 0.842. The van der Waals surface area contributed by atoms with E-state index in [1.165, 1.54) is 31.2 Å². The molecule has 0 atom stereocenters. The van der Waals surface area contributed by atoms with Crippen LogP contribution in [-0.4, -0.2) is 19.7 Å². The normalized spacial score (nSPS) is 26.4. The van der Waals surface area contributed by atoms with Crippen LogP contribution >= 0.6 is 0 Å². The molecule has 0 aliphatic heterocycles. The molecule has 2 rings (SSSR count). The number of ether oxygens (including phenoxy) is 1. The third-order valence-corrected chi connectivity index (χ3v) is 4.72. The van der Waals surface area contributed by atoms with Gasteiger partial charge in [-0.15, -0.1) is 0 Å². The van der Waals surface area contributed by atoms with Crippen molar-refractivity contribution in [3.8, 4) is 5.75 Å². The van der Waals surface area contributed by atoms with Crippen molar-refractivity contribution in [3.05, 3.63) is 29.8 Å². The lowest BCUT2D eigenvalue weighted by Gasteiger charge is -2.40. The van der Waals surface area contributed by atoms with Crippen LogP contribution in [0.2, 0.25) is 0 Å². The summed E-state index contributed by atoms with van der Waals surface area (Å²) in [5.41, 5.74) is 1.81. The van der Waals surface area contributed by atoms with Crippen molar-refractivity contribution in [2.75, 3.05) is 19.7 Å². The van der Waals surface area contributed by atoms with Crippen molar-refractivity contribution in [1.29, 1.82) is 0 Å². The molecule has 1 aliphatic carbocycles. The predicted molar refractivity (Wildman–Crippen MR) is 85.5 cm³/mol. The number of hydrogen-bond acceptors (Lipinski definition) is 2. The fourth-order valence-electron chi connectivity index (χ4n) is 3.32. The fourth-order valence-corrected chi connectivity index (χ4v) is 3.32. The van der Waals surface area contributed by atoms with Crippen LogP contribution in [0.1, 0.15) is 52.0 Å². The Morgan fingerprint density at radius 1 is 1.15 bits per heavy atom. The van der Waals surface area contributed by atoms with Crippen LogP contribution < -0.4 is 10.1 Å². The molecule has 0 aromatic heterocycles. The lowest BCUT2D eigenvalue weighted by molar-refractivity contribution is 0.234. The van der Waals surface area contributed by atoms with Gasteiger partial charge in [0.05, 0.1) is 6.61 Å². The van der Waals surface area contributed by atoms with Gasteiger partial charge in [-0.3, -0.25) is 0 Å². The maximum Gasteiger partial charge on any atom is 0.119 e. The standard InChI is InChI=1S/C18H29NO/c1-4-19-14-18(12-10-15(3)11-13-18)16-6-8-17(9-7-16)20-5-2/h6-9,15,19H,4-5,10-14H2,1-3H3. The Bertz CT molecular complexity index is 385. The second-order valence-electron chi connectivity index (χ2n) is 6.20. The van der Waals surface area contributed by atoms with Crippen molar-refractivity contribution < 1.29 is 4.74 Å². The second-order valence-corrected chi connectivity index (χ2v) is 6.20. The van der Waals surface area contributed by atoms with E-state index in [0.717, 1.165) is 31.4 Å². The number of likely N-dealkylation sites (N-methyl/N-ethyl adjacent to an activating group) is 1. The molecule has 0 heterocycles. The van der Waals surface area contributed by atoms with Gasteiger partial charge in [0.2, 0.25) is 0 Å². The number of nitrogens with one attached hydrogen (secondary N) is 1. The number of rotatable bonds is 6. The molecule has 112 valence electrons. The van der Waals surface area contributed by atoms with Crippen molar-refractivity contribution in [2.45, 2.75) is 51.9 Å². The van der Waals surface area contributed by atoms with Crippen molar-refractivity contribution in [3.63, 3.8) is 0 Å². The third kappa shape index (κ3) is 3.54. The third-order valence-electron chi connectivity index (χ3n) is 4.72. The van der Waals surface area contributed by atoms with E-state index in [0.29, 0.717) is 5.41 Å². The summed E-state index contributed by atoms with van der Waals surface area (Å²) in [6.07, 6.45) is 5.29. The van der Waals surface area contributed by atoms with E-state index in [2.05, 4.69) is 43.4 Å². The first kappa shape index (κ1) is 15.4. The number of benzene rings is 1. The molecule has 0 spiro atoms. The lowest BCUT2D eigenvalue weighted by atomic mass is 9.67. The summed E-state index contributed by atoms with van der Waals surface area (Å²) in [6.45, 7) is 9.49. The lowest BCUT2D eigenvalue weighted by Crippen LogP contribution is -2.41. The Kier molecular flexibility index (Phi) is 5.47. The molecular weight excluding hydrogens is 246 g/mol. The minimum atomic E-state index is 0.327. The Morgan fingerprint density at radius 2 is 1.80 bits per heavy atom. The molecule has 0 unspecified atom stereocenters. The molecule has 0 radical (unpaired) electrons. The van der Waals surface area contributed by atoms with Gasteiger partial charge in [-0.25, -0.2) is 0 Å². The van der Waals surface area contributed by atoms with Gasteiger partial charge in [0.25, 0.3) is 0 Å². The zero-order valence-corrected chi connectivity index (χ0v) is 13.2. The van der Waals surface area contributed by atoms with E-state index in [1.54, 1.807) is 0 Å². The Morgan fingerprint density at radius 3 is 2.35 bits per heavy atom. The van der Waals surface area contributed by atoms with Crippen LogP contribution in [0.4, 0.5) is 0 Å². The SMILES string of the molecule is CCNCC1(c2ccc(OCC)cc2)CCC(C)CC1. The Hall–Kier alpha value is -1.02. The number of hydrogen-bond donors (Lipinski definition) is 1. The highest BCUT2D eigenvalue weighted by Crippen LogP contribution is 2.41. The van der Waals surface area contributed by atoms with Crippen molar-refractivity contribution in [2.24, 2.45) is 5.92 Å². The molecule has 0 amide bonds. The first-order valence-electron chi connectivity index (χ1n) is 8.14. The molecule has 1 N–H and O–H groups in total. The second kappa shape index (κ2) is 7.12. The fraction of sp³-hybridized carbons (Fsp3) is 0.667. The molecule has 1 aromatic carbocycles. The molecule has 1 fully saturated rings. The predicted octanol–water partition coefficient (Wildman–Crippen LogP) is 4.14. The van der Waals surface area contributed by atoms with Gasteiger partial charge in [-0.1, -0.05) is 26.0 Å². The molecular formula is C18H29NO. The highest BCUT2D eigenvalue weighted by atomic mass is 16.5. The van der Waals surface area contributed by atoms with E-state index >= 15 is 0 Å². The first-order chi connectivity index (χ1) is 9.70. The minimum absolute atomic E-state index is 0.327. The van der Waals surface area contributed by atoms with Gasteiger partial charge in [0.1, 0.15) is 5.75 Å². The molecule has 1 saturated carbocycles. The molecule has 2 heteroatoms. The van der Waals surface area contributed by atoms with Crippen molar-refractivity contribution in [1.82, 2.24) is 5.32 Å². The molecule has 20 heavy (non-hydrogen) atoms. The zero-order valence-electron chi connectivity index (χ0n) is 13.2. The maximum atomic E-state index is 5.56. The summed E-state index contributed by atoms with van der Waals surface area (Å²) in [6, 6.07) is 8.81. The van der Waals surface area contributed by atoms with E-state index in [1.807, 2.05) is 6.92 Å². The first-order valence-corrected chi connectivity index (χ1v) is 8.14. The van der Waals surface area contributed by atoms with Crippen LogP contribution in [0.3, 0.4) is 0 Å². The van der Waals surface area contributed by atoms with Crippen LogP contribution in [0, 0.1) is 5.92 Å². The van der Waals surface area contributed by atoms with Gasteiger partial charge in [0.15, 0.2) is 0 Å². The van der Waals surface area contributed by atoms with E-state index in [-0.39, 0.29) is 0 Å². The molecule has 0 saturated heterocycles. The van der Waals surface area contributed by atoms with Gasteiger partial charge >= 0.3 is 0 Å². The summed E-state index contributed by atoms with van der Waals surface area (Å²) in [7, 11) is 0. The molecule has 2 nitrogen and oxygen atoms in total. The van der Waals surface area contributed by atoms with Crippen molar-refractivity contribution >= 4 is 0 Å². The summed E-state index contributed by atoms with van der Waals surface area (Å²) < 4.78 is 5.56. The van der Waals surface area contributed by atoms with E-state index in [9.17, 15) is 0 Å². The smallest absolute Gasteiger partial charge is 0.119 e. The van der Waals surface area contributed by atoms with Gasteiger partial charge in [-0.2, -0.15) is 0 Å². The van der Waals surface area contributed by atoms with Gasteiger partial charge in [-0.05, 0) is 62.8 Å². The Balaban J connectivity index is 2.17. The van der Waals surface area contributed by atoms with Gasteiger partial charge < -0.3 is 10.1 Å². The summed E-state index contributed by atoms with van der Waals surface area (Å²) in [4.78, 5) is 0. The Labute approximate surface area is 123 Å². The highest BCUT2D eigenvalue weighted by Gasteiger charge is 2.35. The summed E-state index contributed by atoms with van der Waals surface area (Å²) >= 11 is 0. The zero-order chi connectivity index (χ0) is 14.4. The summed E-state index contributed by atoms with van der Waals surface area (Å²) in [5.74, 6) is 1.87. The largest absolute Gasteiger partial charge is 0.494 e. The highest BCUT2D eigenvalue weighted by molar-refractivity contribution is 5.33. The topological polar surface area (TPSA) is 21.3 Å². The van der Waals surface area contributed by atoms with Crippen LogP contribution in [0.25, 0.3) is 0 Å². The van der Waals surface area contributed by atoms with E-state index in [4.69, 9.17) is 4.74 Å². The molecule has 1 aliphatic rings. The minimum Gasteiger partial charge on any atom is -0.494 e.